The van der Waals surface area contributed by atoms with Gasteiger partial charge in [0.2, 0.25) is 0 Å². The van der Waals surface area contributed by atoms with Crippen molar-refractivity contribution in [3.63, 3.8) is 0 Å². The van der Waals surface area contributed by atoms with E-state index in [1.165, 1.54) is 25.7 Å². The van der Waals surface area contributed by atoms with Crippen molar-refractivity contribution in [3.05, 3.63) is 0 Å². The van der Waals surface area contributed by atoms with Crippen molar-refractivity contribution < 1.29 is 13.2 Å². The van der Waals surface area contributed by atoms with Crippen molar-refractivity contribution in [1.82, 2.24) is 5.32 Å². The van der Waals surface area contributed by atoms with Crippen molar-refractivity contribution in [3.8, 4) is 0 Å². The van der Waals surface area contributed by atoms with Crippen LogP contribution in [0.15, 0.2) is 0 Å². The molecular formula is C11H18F3NS. The molecule has 0 atom stereocenters. The van der Waals surface area contributed by atoms with E-state index in [2.05, 4.69) is 5.32 Å². The average Bonchev–Trinajstić information content (AvgIpc) is 2.60. The molecular weight excluding hydrogens is 235 g/mol. The van der Waals surface area contributed by atoms with Crippen LogP contribution in [-0.2, 0) is 0 Å². The summed E-state index contributed by atoms with van der Waals surface area (Å²) in [5, 5.41) is 3.24. The number of halogens is 3. The monoisotopic (exact) mass is 253 g/mol. The van der Waals surface area contributed by atoms with Crippen LogP contribution < -0.4 is 5.32 Å². The summed E-state index contributed by atoms with van der Waals surface area (Å²) in [6, 6.07) is 0. The lowest BCUT2D eigenvalue weighted by molar-refractivity contribution is -0.0331. The minimum Gasteiger partial charge on any atom is -0.316 e. The zero-order chi connectivity index (χ0) is 11.6. The molecule has 0 unspecified atom stereocenters. The molecule has 0 bridgehead atoms. The quantitative estimate of drug-likeness (QED) is 0.824. The molecule has 0 amide bonds. The van der Waals surface area contributed by atoms with Gasteiger partial charge in [-0.3, -0.25) is 0 Å². The highest BCUT2D eigenvalue weighted by atomic mass is 32.2. The van der Waals surface area contributed by atoms with Crippen LogP contribution in [0.4, 0.5) is 13.2 Å². The third-order valence-electron chi connectivity index (χ3n) is 4.04. The molecule has 2 rings (SSSR count). The first-order valence-electron chi connectivity index (χ1n) is 5.93. The molecule has 0 spiro atoms. The highest BCUT2D eigenvalue weighted by Gasteiger charge is 2.44. The van der Waals surface area contributed by atoms with Crippen LogP contribution >= 0.6 is 11.8 Å². The summed E-state index contributed by atoms with van der Waals surface area (Å²) in [5.74, 6) is 0.893. The first-order valence-corrected chi connectivity index (χ1v) is 6.92. The maximum absolute atomic E-state index is 12.1. The highest BCUT2D eigenvalue weighted by molar-refractivity contribution is 8.00. The predicted molar refractivity (Wildman–Crippen MR) is 60.4 cm³/mol. The lowest BCUT2D eigenvalue weighted by Gasteiger charge is -2.47. The van der Waals surface area contributed by atoms with Crippen molar-refractivity contribution in [2.24, 2.45) is 11.3 Å². The van der Waals surface area contributed by atoms with E-state index in [1.54, 1.807) is 0 Å². The minimum atomic E-state index is -4.06. The van der Waals surface area contributed by atoms with Crippen LogP contribution in [0.3, 0.4) is 0 Å². The molecule has 2 aliphatic rings. The van der Waals surface area contributed by atoms with E-state index in [1.807, 2.05) is 0 Å². The largest absolute Gasteiger partial charge is 0.441 e. The van der Waals surface area contributed by atoms with Gasteiger partial charge in [-0.25, -0.2) is 0 Å². The molecule has 1 aliphatic heterocycles. The van der Waals surface area contributed by atoms with Gasteiger partial charge in [0.25, 0.3) is 0 Å². The molecule has 0 aromatic carbocycles. The Kier molecular flexibility index (Phi) is 3.74. The zero-order valence-corrected chi connectivity index (χ0v) is 10.1. The number of alkyl halides is 3. The Morgan fingerprint density at radius 1 is 1.19 bits per heavy atom. The van der Waals surface area contributed by atoms with Crippen molar-refractivity contribution in [2.45, 2.75) is 37.6 Å². The number of hydrogen-bond acceptors (Lipinski definition) is 2. The van der Waals surface area contributed by atoms with E-state index < -0.39 is 5.51 Å². The SMILES string of the molecule is FC(F)(F)SCCC1(C2CCCC2)CNC1. The first-order chi connectivity index (χ1) is 7.52. The van der Waals surface area contributed by atoms with E-state index in [-0.39, 0.29) is 22.9 Å². The molecule has 0 aromatic heterocycles. The van der Waals surface area contributed by atoms with Gasteiger partial charge in [0, 0.05) is 18.8 Å². The average molecular weight is 253 g/mol. The summed E-state index contributed by atoms with van der Waals surface area (Å²) >= 11 is 0.141. The van der Waals surface area contributed by atoms with Gasteiger partial charge in [-0.2, -0.15) is 13.2 Å². The topological polar surface area (TPSA) is 12.0 Å². The molecule has 1 heterocycles. The van der Waals surface area contributed by atoms with Gasteiger partial charge in [-0.05, 0) is 30.6 Å². The molecule has 94 valence electrons. The Balaban J connectivity index is 1.80. The fourth-order valence-electron chi connectivity index (χ4n) is 3.02. The summed E-state index contributed by atoms with van der Waals surface area (Å²) in [5.41, 5.74) is -3.87. The van der Waals surface area contributed by atoms with E-state index in [0.29, 0.717) is 5.92 Å². The minimum absolute atomic E-state index is 0.141. The molecule has 0 radical (unpaired) electrons. The second-order valence-corrected chi connectivity index (χ2v) is 6.15. The smallest absolute Gasteiger partial charge is 0.316 e. The van der Waals surface area contributed by atoms with Crippen molar-refractivity contribution >= 4 is 11.8 Å². The molecule has 1 saturated heterocycles. The van der Waals surface area contributed by atoms with Crippen LogP contribution in [0.2, 0.25) is 0 Å². The van der Waals surface area contributed by atoms with Crippen LogP contribution in [-0.4, -0.2) is 24.4 Å². The second-order valence-electron chi connectivity index (χ2n) is 4.99. The Morgan fingerprint density at radius 3 is 2.25 bits per heavy atom. The van der Waals surface area contributed by atoms with Gasteiger partial charge in [0.1, 0.15) is 0 Å². The fraction of sp³-hybridized carbons (Fsp3) is 1.00. The van der Waals surface area contributed by atoms with E-state index >= 15 is 0 Å². The normalized spacial score (nSPS) is 25.7. The molecule has 2 fully saturated rings. The molecule has 1 N–H and O–H groups in total. The van der Waals surface area contributed by atoms with E-state index in [9.17, 15) is 13.2 Å². The van der Waals surface area contributed by atoms with E-state index in [4.69, 9.17) is 0 Å². The van der Waals surface area contributed by atoms with Crippen molar-refractivity contribution in [1.29, 1.82) is 0 Å². The van der Waals surface area contributed by atoms with Gasteiger partial charge >= 0.3 is 5.51 Å². The second kappa shape index (κ2) is 4.77. The van der Waals surface area contributed by atoms with Crippen LogP contribution in [0.1, 0.15) is 32.1 Å². The first kappa shape index (κ1) is 12.6. The molecule has 1 saturated carbocycles. The number of hydrogen-bond donors (Lipinski definition) is 1. The van der Waals surface area contributed by atoms with Gasteiger partial charge in [0.05, 0.1) is 0 Å². The van der Waals surface area contributed by atoms with Gasteiger partial charge in [0.15, 0.2) is 0 Å². The summed E-state index contributed by atoms with van der Waals surface area (Å²) in [7, 11) is 0. The molecule has 1 nitrogen and oxygen atoms in total. The summed E-state index contributed by atoms with van der Waals surface area (Å²) < 4.78 is 36.2. The van der Waals surface area contributed by atoms with Gasteiger partial charge in [-0.1, -0.05) is 24.6 Å². The predicted octanol–water partition coefficient (Wildman–Crippen LogP) is 3.41. The third kappa shape index (κ3) is 2.86. The Bertz CT molecular complexity index is 232. The van der Waals surface area contributed by atoms with Gasteiger partial charge in [-0.15, -0.1) is 0 Å². The Morgan fingerprint density at radius 2 is 1.81 bits per heavy atom. The molecule has 1 aliphatic carbocycles. The molecule has 0 aromatic rings. The summed E-state index contributed by atoms with van der Waals surface area (Å²) in [6.07, 6.45) is 5.68. The highest BCUT2D eigenvalue weighted by Crippen LogP contribution is 2.46. The van der Waals surface area contributed by atoms with Crippen LogP contribution in [0.25, 0.3) is 0 Å². The fourth-order valence-corrected chi connectivity index (χ4v) is 3.76. The Labute approximate surface area is 98.5 Å². The standard InChI is InChI=1S/C11H18F3NS/c12-11(13,14)16-6-5-10(7-15-8-10)9-3-1-2-4-9/h9,15H,1-8H2. The Hall–Kier alpha value is 0.1000. The third-order valence-corrected chi connectivity index (χ3v) is 4.78. The lowest BCUT2D eigenvalue weighted by atomic mass is 9.68. The number of rotatable bonds is 4. The number of nitrogens with one attached hydrogen (secondary N) is 1. The zero-order valence-electron chi connectivity index (χ0n) is 9.28. The maximum Gasteiger partial charge on any atom is 0.441 e. The molecule has 16 heavy (non-hydrogen) atoms. The van der Waals surface area contributed by atoms with Crippen LogP contribution in [0, 0.1) is 11.3 Å². The van der Waals surface area contributed by atoms with Crippen LogP contribution in [0.5, 0.6) is 0 Å². The summed E-state index contributed by atoms with van der Waals surface area (Å²) in [4.78, 5) is 0. The molecule has 5 heteroatoms. The van der Waals surface area contributed by atoms with E-state index in [0.717, 1.165) is 19.5 Å². The maximum atomic E-state index is 12.1. The summed E-state index contributed by atoms with van der Waals surface area (Å²) in [6.45, 7) is 1.85. The number of thioether (sulfide) groups is 1. The van der Waals surface area contributed by atoms with Gasteiger partial charge < -0.3 is 5.32 Å². The van der Waals surface area contributed by atoms with Crippen molar-refractivity contribution in [2.75, 3.05) is 18.8 Å². The lowest BCUT2D eigenvalue weighted by Crippen LogP contribution is -2.57.